The van der Waals surface area contributed by atoms with E-state index in [4.69, 9.17) is 9.47 Å². The molecule has 240 valence electrons. The Bertz CT molecular complexity index is 1280. The highest BCUT2D eigenvalue weighted by Crippen LogP contribution is 2.41. The number of esters is 1. The van der Waals surface area contributed by atoms with Crippen molar-refractivity contribution in [3.63, 3.8) is 0 Å². The van der Waals surface area contributed by atoms with Crippen LogP contribution in [0.15, 0.2) is 60.7 Å². The second-order valence-corrected chi connectivity index (χ2v) is 14.0. The van der Waals surface area contributed by atoms with Gasteiger partial charge in [0.1, 0.15) is 29.3 Å². The van der Waals surface area contributed by atoms with E-state index in [2.05, 4.69) is 10.6 Å². The van der Waals surface area contributed by atoms with Crippen molar-refractivity contribution in [2.45, 2.75) is 111 Å². The third-order valence-corrected chi connectivity index (χ3v) is 7.22. The van der Waals surface area contributed by atoms with Crippen molar-refractivity contribution in [3.8, 4) is 0 Å². The lowest BCUT2D eigenvalue weighted by Crippen LogP contribution is -2.57. The summed E-state index contributed by atoms with van der Waals surface area (Å²) >= 11 is 0. The van der Waals surface area contributed by atoms with E-state index in [0.29, 0.717) is 12.0 Å². The predicted molar refractivity (Wildman–Crippen MR) is 170 cm³/mol. The highest BCUT2D eigenvalue weighted by Gasteiger charge is 2.49. The fourth-order valence-electron chi connectivity index (χ4n) is 5.02. The van der Waals surface area contributed by atoms with Gasteiger partial charge in [-0.05, 0) is 70.9 Å². The average Bonchev–Trinajstić information content (AvgIpc) is 3.64. The number of carbonyl (C=O) groups excluding carboxylic acids is 4. The number of carbonyl (C=O) groups is 4. The van der Waals surface area contributed by atoms with Gasteiger partial charge in [0.05, 0.1) is 0 Å². The Morgan fingerprint density at radius 2 is 1.36 bits per heavy atom. The molecule has 0 aromatic heterocycles. The lowest BCUT2D eigenvalue weighted by molar-refractivity contribution is -0.159. The van der Waals surface area contributed by atoms with Crippen molar-refractivity contribution in [1.29, 1.82) is 0 Å². The smallest absolute Gasteiger partial charge is 0.408 e. The molecule has 0 saturated heterocycles. The third kappa shape index (κ3) is 10.1. The summed E-state index contributed by atoms with van der Waals surface area (Å²) in [5, 5.41) is 5.70. The van der Waals surface area contributed by atoms with Crippen LogP contribution >= 0.6 is 0 Å². The van der Waals surface area contributed by atoms with Gasteiger partial charge >= 0.3 is 12.1 Å². The topological polar surface area (TPSA) is 114 Å². The van der Waals surface area contributed by atoms with Gasteiger partial charge in [0.15, 0.2) is 0 Å². The predicted octanol–water partition coefficient (Wildman–Crippen LogP) is 5.58. The number of ether oxygens (including phenoxy) is 2. The molecular weight excluding hydrogens is 558 g/mol. The van der Waals surface area contributed by atoms with Crippen molar-refractivity contribution in [1.82, 2.24) is 15.5 Å². The third-order valence-electron chi connectivity index (χ3n) is 7.22. The van der Waals surface area contributed by atoms with Gasteiger partial charge in [-0.2, -0.15) is 0 Å². The van der Waals surface area contributed by atoms with Crippen LogP contribution in [0.2, 0.25) is 0 Å². The van der Waals surface area contributed by atoms with Crippen LogP contribution in [0.3, 0.4) is 0 Å². The monoisotopic (exact) mass is 607 g/mol. The summed E-state index contributed by atoms with van der Waals surface area (Å²) < 4.78 is 11.2. The molecule has 0 aliphatic heterocycles. The van der Waals surface area contributed by atoms with Crippen LogP contribution < -0.4 is 10.6 Å². The highest BCUT2D eigenvalue weighted by atomic mass is 16.6. The number of benzene rings is 2. The highest BCUT2D eigenvalue weighted by molar-refractivity contribution is 5.94. The van der Waals surface area contributed by atoms with Gasteiger partial charge in [0.25, 0.3) is 0 Å². The number of hydrogen-bond acceptors (Lipinski definition) is 6. The summed E-state index contributed by atoms with van der Waals surface area (Å²) in [4.78, 5) is 56.6. The first-order valence-electron chi connectivity index (χ1n) is 15.4. The standard InChI is InChI=1S/C35H49N3O6/c1-22(2)28(37-33(42)44-35(7,8)9)31(40)38(27-20-23(27)3)29(25-18-14-11-15-19-25)30(39)36-26(32(41)43-34(4,5)6)21-24-16-12-10-13-17-24/h10-19,22-23,26-29H,20-21H2,1-9H3,(H,36,39)(H,37,42). The number of rotatable bonds is 11. The molecule has 5 unspecified atom stereocenters. The maximum Gasteiger partial charge on any atom is 0.408 e. The SMILES string of the molecule is CC(C)C(NC(=O)OC(C)(C)C)C(=O)N(C(C(=O)NC(Cc1ccccc1)C(=O)OC(C)(C)C)c1ccccc1)C1CC1C. The summed E-state index contributed by atoms with van der Waals surface area (Å²) in [5.41, 5.74) is -0.0648. The molecule has 2 N–H and O–H groups in total. The zero-order chi connectivity index (χ0) is 32.8. The fourth-order valence-corrected chi connectivity index (χ4v) is 5.02. The van der Waals surface area contributed by atoms with E-state index >= 15 is 0 Å². The van der Waals surface area contributed by atoms with E-state index in [-0.39, 0.29) is 30.2 Å². The normalized spacial score (nSPS) is 18.4. The molecule has 44 heavy (non-hydrogen) atoms. The molecule has 2 aromatic carbocycles. The maximum absolute atomic E-state index is 14.4. The first-order valence-corrected chi connectivity index (χ1v) is 15.4. The lowest BCUT2D eigenvalue weighted by atomic mass is 9.97. The molecule has 5 atom stereocenters. The Labute approximate surface area is 262 Å². The van der Waals surface area contributed by atoms with Gasteiger partial charge in [0.2, 0.25) is 11.8 Å². The molecule has 1 saturated carbocycles. The number of nitrogens with one attached hydrogen (secondary N) is 2. The van der Waals surface area contributed by atoms with Gasteiger partial charge in [0, 0.05) is 12.5 Å². The molecule has 0 radical (unpaired) electrons. The zero-order valence-electron chi connectivity index (χ0n) is 27.5. The Hall–Kier alpha value is -3.88. The zero-order valence-corrected chi connectivity index (χ0v) is 27.5. The molecule has 0 bridgehead atoms. The lowest BCUT2D eigenvalue weighted by Gasteiger charge is -2.36. The fraction of sp³-hybridized carbons (Fsp3) is 0.543. The van der Waals surface area contributed by atoms with E-state index < -0.39 is 47.3 Å². The van der Waals surface area contributed by atoms with Crippen LogP contribution in [-0.2, 0) is 30.3 Å². The molecule has 3 amide bonds. The molecule has 9 heteroatoms. The van der Waals surface area contributed by atoms with E-state index in [0.717, 1.165) is 5.56 Å². The molecule has 1 aliphatic carbocycles. The molecule has 2 aromatic rings. The Morgan fingerprint density at radius 1 is 0.841 bits per heavy atom. The summed E-state index contributed by atoms with van der Waals surface area (Å²) in [7, 11) is 0. The van der Waals surface area contributed by atoms with E-state index in [9.17, 15) is 19.2 Å². The number of hydrogen-bond donors (Lipinski definition) is 2. The number of alkyl carbamates (subject to hydrolysis) is 1. The first kappa shape index (κ1) is 34.6. The van der Waals surface area contributed by atoms with E-state index in [1.54, 1.807) is 58.6 Å². The van der Waals surface area contributed by atoms with Crippen LogP contribution in [0.4, 0.5) is 4.79 Å². The summed E-state index contributed by atoms with van der Waals surface area (Å²) in [6, 6.07) is 15.2. The van der Waals surface area contributed by atoms with Crippen LogP contribution in [-0.4, -0.2) is 58.1 Å². The van der Waals surface area contributed by atoms with Crippen LogP contribution in [0.5, 0.6) is 0 Å². The van der Waals surface area contributed by atoms with Crippen LogP contribution in [0.25, 0.3) is 0 Å². The summed E-state index contributed by atoms with van der Waals surface area (Å²) in [6.45, 7) is 16.3. The molecule has 9 nitrogen and oxygen atoms in total. The second-order valence-electron chi connectivity index (χ2n) is 14.0. The summed E-state index contributed by atoms with van der Waals surface area (Å²) in [6.07, 6.45) is 0.215. The quantitative estimate of drug-likeness (QED) is 0.322. The van der Waals surface area contributed by atoms with Crippen molar-refractivity contribution in [3.05, 3.63) is 71.8 Å². The van der Waals surface area contributed by atoms with Gasteiger partial charge in [-0.15, -0.1) is 0 Å². The van der Waals surface area contributed by atoms with E-state index in [1.165, 1.54) is 0 Å². The minimum absolute atomic E-state index is 0.151. The van der Waals surface area contributed by atoms with Crippen molar-refractivity contribution in [2.75, 3.05) is 0 Å². The average molecular weight is 608 g/mol. The molecule has 1 fully saturated rings. The Balaban J connectivity index is 2.02. The van der Waals surface area contributed by atoms with Crippen molar-refractivity contribution < 1.29 is 28.7 Å². The largest absolute Gasteiger partial charge is 0.458 e. The van der Waals surface area contributed by atoms with Crippen LogP contribution in [0, 0.1) is 11.8 Å². The Kier molecular flexibility index (Phi) is 11.2. The minimum atomic E-state index is -1.05. The molecule has 3 rings (SSSR count). The van der Waals surface area contributed by atoms with Crippen molar-refractivity contribution in [2.24, 2.45) is 11.8 Å². The second kappa shape index (κ2) is 14.3. The molecule has 0 spiro atoms. The molecule has 0 heterocycles. The molecule has 1 aliphatic rings. The van der Waals surface area contributed by atoms with Gasteiger partial charge in [-0.1, -0.05) is 81.4 Å². The number of amides is 3. The minimum Gasteiger partial charge on any atom is -0.458 e. The summed E-state index contributed by atoms with van der Waals surface area (Å²) in [5.74, 6) is -1.60. The molecular formula is C35H49N3O6. The number of nitrogens with zero attached hydrogens (tertiary/aromatic N) is 1. The van der Waals surface area contributed by atoms with E-state index in [1.807, 2.05) is 69.3 Å². The first-order chi connectivity index (χ1) is 20.5. The van der Waals surface area contributed by atoms with Crippen molar-refractivity contribution >= 4 is 23.9 Å². The van der Waals surface area contributed by atoms with Gasteiger partial charge in [-0.25, -0.2) is 9.59 Å². The van der Waals surface area contributed by atoms with Gasteiger partial charge < -0.3 is 25.0 Å². The van der Waals surface area contributed by atoms with Gasteiger partial charge in [-0.3, -0.25) is 9.59 Å². The maximum atomic E-state index is 14.4. The Morgan fingerprint density at radius 3 is 1.84 bits per heavy atom. The van der Waals surface area contributed by atoms with Crippen LogP contribution in [0.1, 0.15) is 85.9 Å².